The first-order chi connectivity index (χ1) is 5.29. The van der Waals surface area contributed by atoms with Crippen LogP contribution >= 0.6 is 0 Å². The van der Waals surface area contributed by atoms with Crippen molar-refractivity contribution in [2.75, 3.05) is 0 Å². The van der Waals surface area contributed by atoms with Crippen LogP contribution in [0.15, 0.2) is 47.1 Å². The number of rotatable bonds is 1. The molecule has 0 aromatic heterocycles. The number of hydrogen-bond donors (Lipinski definition) is 0. The van der Waals surface area contributed by atoms with E-state index in [1.54, 1.807) is 0 Å². The molecule has 56 valence electrons. The maximum Gasteiger partial charge on any atom is -0.00230 e. The molecule has 0 saturated carbocycles. The third kappa shape index (κ3) is 0.988. The Morgan fingerprint density at radius 3 is 2.64 bits per heavy atom. The maximum atomic E-state index is 3.77. The first-order valence-electron chi connectivity index (χ1n) is 4.02. The van der Waals surface area contributed by atoms with Crippen LogP contribution in [0.25, 0.3) is 0 Å². The molecule has 0 aromatic rings. The van der Waals surface area contributed by atoms with Gasteiger partial charge in [-0.1, -0.05) is 30.4 Å². The molecule has 0 heteroatoms. The van der Waals surface area contributed by atoms with Crippen molar-refractivity contribution in [3.05, 3.63) is 47.1 Å². The Balaban J connectivity index is 2.24. The zero-order chi connectivity index (χ0) is 7.84. The molecule has 0 bridgehead atoms. The van der Waals surface area contributed by atoms with Gasteiger partial charge in [-0.05, 0) is 36.5 Å². The smallest absolute Gasteiger partial charge is 0.00230 e. The highest BCUT2D eigenvalue weighted by Crippen LogP contribution is 2.36. The molecule has 0 spiro atoms. The average Bonchev–Trinajstić information content (AvgIpc) is 2.43. The lowest BCUT2D eigenvalue weighted by atomic mass is 10.1. The van der Waals surface area contributed by atoms with Gasteiger partial charge in [0.2, 0.25) is 0 Å². The van der Waals surface area contributed by atoms with Gasteiger partial charge < -0.3 is 0 Å². The van der Waals surface area contributed by atoms with Crippen LogP contribution in [-0.4, -0.2) is 0 Å². The van der Waals surface area contributed by atoms with Crippen molar-refractivity contribution in [2.45, 2.75) is 19.8 Å². The normalized spacial score (nSPS) is 21.5. The van der Waals surface area contributed by atoms with E-state index in [0.717, 1.165) is 12.8 Å². The summed E-state index contributed by atoms with van der Waals surface area (Å²) in [5.74, 6) is 0. The predicted molar refractivity (Wildman–Crippen MR) is 48.3 cm³/mol. The summed E-state index contributed by atoms with van der Waals surface area (Å²) < 4.78 is 0. The van der Waals surface area contributed by atoms with Crippen LogP contribution in [0.1, 0.15) is 19.8 Å². The van der Waals surface area contributed by atoms with E-state index in [-0.39, 0.29) is 0 Å². The molecule has 0 saturated heterocycles. The van der Waals surface area contributed by atoms with E-state index in [9.17, 15) is 0 Å². The molecule has 0 N–H and O–H groups in total. The molecule has 0 atom stereocenters. The van der Waals surface area contributed by atoms with E-state index >= 15 is 0 Å². The molecule has 2 aliphatic carbocycles. The minimum atomic E-state index is 1.11. The predicted octanol–water partition coefficient (Wildman–Crippen LogP) is 3.15. The largest absolute Gasteiger partial charge is 0.0988 e. The minimum Gasteiger partial charge on any atom is -0.0988 e. The van der Waals surface area contributed by atoms with Crippen molar-refractivity contribution >= 4 is 0 Å². The van der Waals surface area contributed by atoms with Crippen LogP contribution < -0.4 is 0 Å². The van der Waals surface area contributed by atoms with Crippen LogP contribution in [0.5, 0.6) is 0 Å². The molecule has 0 nitrogen and oxygen atoms in total. The molecule has 0 fully saturated rings. The Morgan fingerprint density at radius 1 is 1.27 bits per heavy atom. The van der Waals surface area contributed by atoms with Crippen LogP contribution in [-0.2, 0) is 0 Å². The molecule has 2 aliphatic rings. The van der Waals surface area contributed by atoms with E-state index in [4.69, 9.17) is 0 Å². The molecule has 2 rings (SSSR count). The summed E-state index contributed by atoms with van der Waals surface area (Å²) >= 11 is 0. The fraction of sp³-hybridized carbons (Fsp3) is 0.273. The average molecular weight is 144 g/mol. The maximum absolute atomic E-state index is 3.77. The first kappa shape index (κ1) is 6.66. The first-order valence-corrected chi connectivity index (χ1v) is 4.02. The van der Waals surface area contributed by atoms with Crippen LogP contribution in [0, 0.1) is 0 Å². The fourth-order valence-corrected chi connectivity index (χ4v) is 1.79. The Kier molecular flexibility index (Phi) is 1.35. The molecule has 0 unspecified atom stereocenters. The van der Waals surface area contributed by atoms with E-state index in [2.05, 4.69) is 25.7 Å². The number of allylic oxidation sites excluding steroid dienone is 7. The summed E-state index contributed by atoms with van der Waals surface area (Å²) in [6.45, 7) is 5.97. The topological polar surface area (TPSA) is 0 Å². The third-order valence-corrected chi connectivity index (χ3v) is 2.32. The Morgan fingerprint density at radius 2 is 2.00 bits per heavy atom. The summed E-state index contributed by atoms with van der Waals surface area (Å²) in [6, 6.07) is 0. The van der Waals surface area contributed by atoms with Gasteiger partial charge in [0.25, 0.3) is 0 Å². The van der Waals surface area contributed by atoms with E-state index in [1.165, 1.54) is 22.3 Å². The highest BCUT2D eigenvalue weighted by Gasteiger charge is 2.17. The quantitative estimate of drug-likeness (QED) is 0.530. The molecule has 11 heavy (non-hydrogen) atoms. The summed E-state index contributed by atoms with van der Waals surface area (Å²) in [7, 11) is 0. The van der Waals surface area contributed by atoms with Crippen LogP contribution in [0.3, 0.4) is 0 Å². The zero-order valence-electron chi connectivity index (χ0n) is 6.85. The van der Waals surface area contributed by atoms with Gasteiger partial charge in [0.1, 0.15) is 0 Å². The highest BCUT2D eigenvalue weighted by molar-refractivity contribution is 5.53. The van der Waals surface area contributed by atoms with Crippen LogP contribution in [0.2, 0.25) is 0 Å². The SMILES string of the molecule is C=CC1=CC2=C(C=C(C)C2)C1. The summed E-state index contributed by atoms with van der Waals surface area (Å²) in [4.78, 5) is 0. The van der Waals surface area contributed by atoms with Crippen molar-refractivity contribution in [1.82, 2.24) is 0 Å². The van der Waals surface area contributed by atoms with E-state index < -0.39 is 0 Å². The molecule has 0 aromatic carbocycles. The second kappa shape index (κ2) is 2.23. The van der Waals surface area contributed by atoms with Crippen LogP contribution in [0.4, 0.5) is 0 Å². The van der Waals surface area contributed by atoms with Crippen molar-refractivity contribution in [2.24, 2.45) is 0 Å². The lowest BCUT2D eigenvalue weighted by Crippen LogP contribution is -1.74. The highest BCUT2D eigenvalue weighted by atomic mass is 14.2. The van der Waals surface area contributed by atoms with Crippen molar-refractivity contribution in [1.29, 1.82) is 0 Å². The van der Waals surface area contributed by atoms with Gasteiger partial charge in [-0.2, -0.15) is 0 Å². The van der Waals surface area contributed by atoms with E-state index in [0.29, 0.717) is 0 Å². The zero-order valence-corrected chi connectivity index (χ0v) is 6.85. The van der Waals surface area contributed by atoms with Gasteiger partial charge in [-0.3, -0.25) is 0 Å². The minimum absolute atomic E-state index is 1.11. The van der Waals surface area contributed by atoms with Crippen molar-refractivity contribution in [3.63, 3.8) is 0 Å². The Bertz CT molecular complexity index is 298. The third-order valence-electron chi connectivity index (χ3n) is 2.32. The monoisotopic (exact) mass is 144 g/mol. The number of hydrogen-bond acceptors (Lipinski definition) is 0. The molecule has 0 amide bonds. The van der Waals surface area contributed by atoms with Gasteiger partial charge in [-0.15, -0.1) is 0 Å². The summed E-state index contributed by atoms with van der Waals surface area (Å²) in [5, 5.41) is 0. The van der Waals surface area contributed by atoms with Gasteiger partial charge in [0.15, 0.2) is 0 Å². The van der Waals surface area contributed by atoms with Gasteiger partial charge >= 0.3 is 0 Å². The van der Waals surface area contributed by atoms with Crippen molar-refractivity contribution < 1.29 is 0 Å². The standard InChI is InChI=1S/C11H12/c1-3-9-6-10-4-8(2)5-11(10)7-9/h3-4,7H,1,5-6H2,2H3. The molecular formula is C11H12. The Labute approximate surface area is 67.6 Å². The molecule has 0 aliphatic heterocycles. The van der Waals surface area contributed by atoms with Gasteiger partial charge in [0.05, 0.1) is 0 Å². The molecular weight excluding hydrogens is 132 g/mol. The van der Waals surface area contributed by atoms with Gasteiger partial charge in [-0.25, -0.2) is 0 Å². The van der Waals surface area contributed by atoms with Gasteiger partial charge in [0, 0.05) is 0 Å². The second-order valence-electron chi connectivity index (χ2n) is 3.32. The lowest BCUT2D eigenvalue weighted by molar-refractivity contribution is 1.19. The molecule has 0 heterocycles. The van der Waals surface area contributed by atoms with Crippen molar-refractivity contribution in [3.8, 4) is 0 Å². The Hall–Kier alpha value is -1.04. The van der Waals surface area contributed by atoms with E-state index in [1.807, 2.05) is 6.08 Å². The molecule has 0 radical (unpaired) electrons. The second-order valence-corrected chi connectivity index (χ2v) is 3.32. The summed E-state index contributed by atoms with van der Waals surface area (Å²) in [6.07, 6.45) is 8.81. The fourth-order valence-electron chi connectivity index (χ4n) is 1.79. The summed E-state index contributed by atoms with van der Waals surface area (Å²) in [5.41, 5.74) is 5.89. The lowest BCUT2D eigenvalue weighted by Gasteiger charge is -1.93.